The standard InChI is InChI=1S/C20H30N2O/c1-3-20(4-2,18-8-6-5-7-9-18)19(23)22-12-10-16-14-21-15-17(16)11-13-22/h5-9,16-17,21H,3-4,10-15H2,1-2H3/t16-,17+. The third kappa shape index (κ3) is 3.03. The SMILES string of the molecule is CCC(CC)(C(=O)N1CC[C@@H]2CNC[C@@H]2CC1)c1ccccc1. The highest BCUT2D eigenvalue weighted by Gasteiger charge is 2.41. The molecule has 1 N–H and O–H groups in total. The number of nitrogens with zero attached hydrogens (tertiary/aromatic N) is 1. The van der Waals surface area contributed by atoms with Crippen LogP contribution in [-0.4, -0.2) is 37.0 Å². The minimum absolute atomic E-state index is 0.348. The summed E-state index contributed by atoms with van der Waals surface area (Å²) in [4.78, 5) is 15.6. The number of amides is 1. The largest absolute Gasteiger partial charge is 0.342 e. The highest BCUT2D eigenvalue weighted by Crippen LogP contribution is 2.36. The van der Waals surface area contributed by atoms with E-state index in [1.807, 2.05) is 6.07 Å². The minimum Gasteiger partial charge on any atom is -0.342 e. The highest BCUT2D eigenvalue weighted by atomic mass is 16.2. The van der Waals surface area contributed by atoms with Crippen LogP contribution in [0, 0.1) is 11.8 Å². The molecular weight excluding hydrogens is 284 g/mol. The van der Waals surface area contributed by atoms with Gasteiger partial charge in [-0.2, -0.15) is 0 Å². The van der Waals surface area contributed by atoms with Crippen molar-refractivity contribution in [2.75, 3.05) is 26.2 Å². The van der Waals surface area contributed by atoms with Crippen molar-refractivity contribution in [2.45, 2.75) is 44.9 Å². The summed E-state index contributed by atoms with van der Waals surface area (Å²) in [6.07, 6.45) is 4.05. The number of likely N-dealkylation sites (tertiary alicyclic amines) is 1. The van der Waals surface area contributed by atoms with E-state index in [-0.39, 0.29) is 5.41 Å². The van der Waals surface area contributed by atoms with Crippen LogP contribution in [0.1, 0.15) is 45.1 Å². The van der Waals surface area contributed by atoms with Crippen molar-refractivity contribution in [3.8, 4) is 0 Å². The van der Waals surface area contributed by atoms with E-state index in [4.69, 9.17) is 0 Å². The number of benzene rings is 1. The van der Waals surface area contributed by atoms with Gasteiger partial charge < -0.3 is 10.2 Å². The minimum atomic E-state index is -0.348. The summed E-state index contributed by atoms with van der Waals surface area (Å²) in [5.74, 6) is 1.88. The molecule has 126 valence electrons. The first-order valence-electron chi connectivity index (χ1n) is 9.27. The highest BCUT2D eigenvalue weighted by molar-refractivity contribution is 5.88. The average molecular weight is 314 g/mol. The van der Waals surface area contributed by atoms with Crippen LogP contribution in [0.3, 0.4) is 0 Å². The number of fused-ring (bicyclic) bond motifs is 1. The van der Waals surface area contributed by atoms with Gasteiger partial charge in [-0.05, 0) is 56.2 Å². The Morgan fingerprint density at radius 2 is 1.65 bits per heavy atom. The summed E-state index contributed by atoms with van der Waals surface area (Å²) in [5.41, 5.74) is 0.833. The first kappa shape index (κ1) is 16.5. The van der Waals surface area contributed by atoms with E-state index < -0.39 is 0 Å². The molecule has 3 rings (SSSR count). The maximum atomic E-state index is 13.5. The maximum Gasteiger partial charge on any atom is 0.233 e. The summed E-state index contributed by atoms with van der Waals surface area (Å²) in [5, 5.41) is 3.51. The molecule has 0 radical (unpaired) electrons. The molecule has 3 heteroatoms. The van der Waals surface area contributed by atoms with Gasteiger partial charge in [-0.15, -0.1) is 0 Å². The second-order valence-corrected chi connectivity index (χ2v) is 7.20. The van der Waals surface area contributed by atoms with Crippen LogP contribution in [0.15, 0.2) is 30.3 Å². The Kier molecular flexibility index (Phi) is 5.05. The number of nitrogens with one attached hydrogen (secondary N) is 1. The molecule has 2 fully saturated rings. The van der Waals surface area contributed by atoms with Crippen molar-refractivity contribution >= 4 is 5.91 Å². The van der Waals surface area contributed by atoms with Crippen molar-refractivity contribution in [1.29, 1.82) is 0 Å². The van der Waals surface area contributed by atoms with Crippen molar-refractivity contribution in [2.24, 2.45) is 11.8 Å². The molecule has 1 amide bonds. The molecule has 2 aliphatic heterocycles. The first-order valence-corrected chi connectivity index (χ1v) is 9.27. The van der Waals surface area contributed by atoms with E-state index in [9.17, 15) is 4.79 Å². The van der Waals surface area contributed by atoms with Crippen molar-refractivity contribution in [1.82, 2.24) is 10.2 Å². The van der Waals surface area contributed by atoms with E-state index in [0.29, 0.717) is 5.91 Å². The molecule has 0 spiro atoms. The van der Waals surface area contributed by atoms with Crippen molar-refractivity contribution < 1.29 is 4.79 Å². The van der Waals surface area contributed by atoms with Crippen molar-refractivity contribution in [3.63, 3.8) is 0 Å². The smallest absolute Gasteiger partial charge is 0.233 e. The van der Waals surface area contributed by atoms with Gasteiger partial charge in [0.25, 0.3) is 0 Å². The van der Waals surface area contributed by atoms with E-state index in [0.717, 1.165) is 63.7 Å². The van der Waals surface area contributed by atoms with Crippen LogP contribution in [0.25, 0.3) is 0 Å². The molecule has 2 atom stereocenters. The predicted molar refractivity (Wildman–Crippen MR) is 94.4 cm³/mol. The molecule has 1 aromatic rings. The number of carbonyl (C=O) groups excluding carboxylic acids is 1. The lowest BCUT2D eigenvalue weighted by Crippen LogP contribution is -2.47. The zero-order valence-electron chi connectivity index (χ0n) is 14.6. The van der Waals surface area contributed by atoms with E-state index >= 15 is 0 Å². The lowest BCUT2D eigenvalue weighted by molar-refractivity contribution is -0.138. The zero-order valence-corrected chi connectivity index (χ0v) is 14.6. The van der Waals surface area contributed by atoms with Crippen LogP contribution >= 0.6 is 0 Å². The summed E-state index contributed by atoms with van der Waals surface area (Å²) in [6.45, 7) is 8.44. The van der Waals surface area contributed by atoms with Gasteiger partial charge >= 0.3 is 0 Å². The fourth-order valence-corrected chi connectivity index (χ4v) is 4.57. The van der Waals surface area contributed by atoms with Gasteiger partial charge in [0.05, 0.1) is 5.41 Å². The lowest BCUT2D eigenvalue weighted by atomic mass is 9.74. The fraction of sp³-hybridized carbons (Fsp3) is 0.650. The Hall–Kier alpha value is -1.35. The van der Waals surface area contributed by atoms with Crippen LogP contribution in [0.2, 0.25) is 0 Å². The molecule has 0 aliphatic carbocycles. The molecule has 2 heterocycles. The Labute approximate surface area is 140 Å². The maximum absolute atomic E-state index is 13.5. The number of rotatable bonds is 4. The molecule has 0 bridgehead atoms. The molecule has 0 unspecified atom stereocenters. The number of carbonyl (C=O) groups is 1. The average Bonchev–Trinajstić information content (AvgIpc) is 2.96. The van der Waals surface area contributed by atoms with Gasteiger partial charge in [0, 0.05) is 13.1 Å². The molecule has 2 aliphatic rings. The fourth-order valence-electron chi connectivity index (χ4n) is 4.57. The molecule has 0 saturated carbocycles. The van der Waals surface area contributed by atoms with Gasteiger partial charge in [-0.25, -0.2) is 0 Å². The first-order chi connectivity index (χ1) is 11.2. The van der Waals surface area contributed by atoms with Crippen molar-refractivity contribution in [3.05, 3.63) is 35.9 Å². The monoisotopic (exact) mass is 314 g/mol. The number of hydrogen-bond donors (Lipinski definition) is 1. The molecule has 1 aromatic carbocycles. The van der Waals surface area contributed by atoms with Gasteiger partial charge in [0.2, 0.25) is 5.91 Å². The lowest BCUT2D eigenvalue weighted by Gasteiger charge is -2.36. The third-order valence-electron chi connectivity index (χ3n) is 6.25. The Balaban J connectivity index is 1.81. The van der Waals surface area contributed by atoms with Gasteiger partial charge in [0.1, 0.15) is 0 Å². The topological polar surface area (TPSA) is 32.3 Å². The van der Waals surface area contributed by atoms with E-state index in [1.54, 1.807) is 0 Å². The van der Waals surface area contributed by atoms with Gasteiger partial charge in [-0.1, -0.05) is 44.2 Å². The Bertz CT molecular complexity index is 510. The summed E-state index contributed by atoms with van der Waals surface area (Å²) in [7, 11) is 0. The summed E-state index contributed by atoms with van der Waals surface area (Å²) < 4.78 is 0. The second-order valence-electron chi connectivity index (χ2n) is 7.20. The van der Waals surface area contributed by atoms with Crippen LogP contribution in [-0.2, 0) is 10.2 Å². The summed E-state index contributed by atoms with van der Waals surface area (Å²) in [6, 6.07) is 10.4. The molecule has 2 saturated heterocycles. The Morgan fingerprint density at radius 3 is 2.17 bits per heavy atom. The van der Waals surface area contributed by atoms with E-state index in [1.165, 1.54) is 5.56 Å². The zero-order chi connectivity index (χ0) is 16.3. The molecule has 0 aromatic heterocycles. The molecule has 3 nitrogen and oxygen atoms in total. The van der Waals surface area contributed by atoms with E-state index in [2.05, 4.69) is 48.3 Å². The second kappa shape index (κ2) is 7.04. The van der Waals surface area contributed by atoms with Crippen LogP contribution < -0.4 is 5.32 Å². The van der Waals surface area contributed by atoms with Crippen LogP contribution in [0.5, 0.6) is 0 Å². The quantitative estimate of drug-likeness (QED) is 0.925. The summed E-state index contributed by atoms with van der Waals surface area (Å²) >= 11 is 0. The predicted octanol–water partition coefficient (Wildman–Crippen LogP) is 3.20. The van der Waals surface area contributed by atoms with Crippen LogP contribution in [0.4, 0.5) is 0 Å². The normalized spacial score (nSPS) is 25.0. The number of hydrogen-bond acceptors (Lipinski definition) is 2. The molecular formula is C20H30N2O. The van der Waals surface area contributed by atoms with Gasteiger partial charge in [-0.3, -0.25) is 4.79 Å². The molecule has 23 heavy (non-hydrogen) atoms. The van der Waals surface area contributed by atoms with Gasteiger partial charge in [0.15, 0.2) is 0 Å². The Morgan fingerprint density at radius 1 is 1.09 bits per heavy atom. The third-order valence-corrected chi connectivity index (χ3v) is 6.25.